The molecule has 0 saturated heterocycles. The van der Waals surface area contributed by atoms with E-state index in [2.05, 4.69) is 26.6 Å². The summed E-state index contributed by atoms with van der Waals surface area (Å²) >= 11 is 3.43. The molecular weight excluding hydrogens is 314 g/mol. The number of amides is 2. The van der Waals surface area contributed by atoms with Crippen LogP contribution in [-0.4, -0.2) is 33.3 Å². The van der Waals surface area contributed by atoms with Gasteiger partial charge in [0.1, 0.15) is 0 Å². The Morgan fingerprint density at radius 1 is 1.32 bits per heavy atom. The summed E-state index contributed by atoms with van der Waals surface area (Å²) < 4.78 is 11.3. The van der Waals surface area contributed by atoms with Crippen LogP contribution in [0.2, 0.25) is 0 Å². The third kappa shape index (κ3) is 4.96. The normalized spacial score (nSPS) is 10.1. The molecule has 0 atom stereocenters. The summed E-state index contributed by atoms with van der Waals surface area (Å²) in [5, 5.41) is 5.69. The van der Waals surface area contributed by atoms with Gasteiger partial charge in [-0.3, -0.25) is 0 Å². The maximum Gasteiger partial charge on any atom is 0.312 e. The Bertz CT molecular complexity index is 440. The summed E-state index contributed by atoms with van der Waals surface area (Å²) in [7, 11) is 3.19. The Labute approximate surface area is 120 Å². The van der Waals surface area contributed by atoms with Gasteiger partial charge >= 0.3 is 6.03 Å². The van der Waals surface area contributed by atoms with E-state index in [4.69, 9.17) is 15.2 Å². The highest BCUT2D eigenvalue weighted by Crippen LogP contribution is 2.36. The Kier molecular flexibility index (Phi) is 6.44. The van der Waals surface area contributed by atoms with Gasteiger partial charge < -0.3 is 25.8 Å². The molecule has 1 rings (SSSR count). The number of methoxy groups -OCH3 is 2. The average molecular weight is 332 g/mol. The lowest BCUT2D eigenvalue weighted by atomic mass is 10.2. The second kappa shape index (κ2) is 7.85. The Balaban J connectivity index is 2.55. The Hall–Kier alpha value is -1.47. The fourth-order valence-electron chi connectivity index (χ4n) is 1.58. The molecule has 0 fully saturated rings. The first-order chi connectivity index (χ1) is 9.08. The predicted octanol–water partition coefficient (Wildman–Crippen LogP) is 1.22. The molecule has 2 amide bonds. The van der Waals surface area contributed by atoms with Crippen molar-refractivity contribution in [3.8, 4) is 11.5 Å². The maximum absolute atomic E-state index is 10.5. The third-order valence-electron chi connectivity index (χ3n) is 2.42. The van der Waals surface area contributed by atoms with Crippen molar-refractivity contribution in [2.24, 2.45) is 5.73 Å². The first-order valence-corrected chi connectivity index (χ1v) is 6.52. The van der Waals surface area contributed by atoms with Crippen LogP contribution in [0, 0.1) is 0 Å². The molecule has 0 aliphatic heterocycles. The van der Waals surface area contributed by atoms with Crippen molar-refractivity contribution in [3.05, 3.63) is 22.2 Å². The van der Waals surface area contributed by atoms with E-state index in [1.165, 1.54) is 0 Å². The van der Waals surface area contributed by atoms with Gasteiger partial charge in [-0.2, -0.15) is 0 Å². The molecule has 0 bridgehead atoms. The van der Waals surface area contributed by atoms with E-state index in [1.807, 2.05) is 12.1 Å². The molecule has 4 N–H and O–H groups in total. The third-order valence-corrected chi connectivity index (χ3v) is 3.01. The van der Waals surface area contributed by atoms with E-state index in [9.17, 15) is 4.79 Å². The van der Waals surface area contributed by atoms with Crippen molar-refractivity contribution < 1.29 is 14.3 Å². The highest BCUT2D eigenvalue weighted by molar-refractivity contribution is 9.10. The molecule has 0 saturated carbocycles. The fourth-order valence-corrected chi connectivity index (χ4v) is 2.23. The fraction of sp³-hybridized carbons (Fsp3) is 0.417. The Morgan fingerprint density at radius 3 is 2.63 bits per heavy atom. The molecule has 0 aromatic heterocycles. The standard InChI is InChI=1S/C12H18BrN3O3/c1-18-10-6-8(5-9(13)11(10)19-2)7-15-3-4-16-12(14)17/h5-6,15H,3-4,7H2,1-2H3,(H3,14,16,17). The van der Waals surface area contributed by atoms with E-state index in [0.29, 0.717) is 31.1 Å². The quantitative estimate of drug-likeness (QED) is 0.656. The minimum atomic E-state index is -0.518. The van der Waals surface area contributed by atoms with E-state index in [-0.39, 0.29) is 0 Å². The molecule has 0 unspecified atom stereocenters. The summed E-state index contributed by atoms with van der Waals surface area (Å²) in [5.41, 5.74) is 6.01. The molecule has 0 radical (unpaired) electrons. The van der Waals surface area contributed by atoms with Gasteiger partial charge in [-0.1, -0.05) is 0 Å². The van der Waals surface area contributed by atoms with Crippen LogP contribution in [0.25, 0.3) is 0 Å². The molecule has 7 heteroatoms. The van der Waals surface area contributed by atoms with E-state index >= 15 is 0 Å². The number of hydrogen-bond donors (Lipinski definition) is 3. The zero-order valence-electron chi connectivity index (χ0n) is 11.0. The zero-order valence-corrected chi connectivity index (χ0v) is 12.5. The highest BCUT2D eigenvalue weighted by atomic mass is 79.9. The molecule has 106 valence electrons. The number of nitrogens with two attached hydrogens (primary N) is 1. The number of rotatable bonds is 7. The molecule has 19 heavy (non-hydrogen) atoms. The van der Waals surface area contributed by atoms with Crippen molar-refractivity contribution in [1.29, 1.82) is 0 Å². The smallest absolute Gasteiger partial charge is 0.312 e. The number of hydrogen-bond acceptors (Lipinski definition) is 4. The molecular formula is C12H18BrN3O3. The van der Waals surface area contributed by atoms with E-state index < -0.39 is 6.03 Å². The first-order valence-electron chi connectivity index (χ1n) is 5.73. The van der Waals surface area contributed by atoms with Crippen LogP contribution < -0.4 is 25.8 Å². The van der Waals surface area contributed by atoms with Crippen molar-refractivity contribution in [2.45, 2.75) is 6.54 Å². The summed E-state index contributed by atoms with van der Waals surface area (Å²) in [6, 6.07) is 3.34. The van der Waals surface area contributed by atoms with Gasteiger partial charge in [-0.15, -0.1) is 0 Å². The second-order valence-electron chi connectivity index (χ2n) is 3.78. The number of primary amides is 1. The first kappa shape index (κ1) is 15.6. The minimum absolute atomic E-state index is 0.490. The van der Waals surface area contributed by atoms with Crippen LogP contribution in [0.5, 0.6) is 11.5 Å². The number of benzene rings is 1. The van der Waals surface area contributed by atoms with Gasteiger partial charge in [0.25, 0.3) is 0 Å². The molecule has 0 heterocycles. The molecule has 0 aliphatic rings. The number of nitrogens with one attached hydrogen (secondary N) is 2. The van der Waals surface area contributed by atoms with Crippen molar-refractivity contribution in [3.63, 3.8) is 0 Å². The van der Waals surface area contributed by atoms with Gasteiger partial charge in [0.15, 0.2) is 11.5 Å². The van der Waals surface area contributed by atoms with E-state index in [0.717, 1.165) is 10.0 Å². The lowest BCUT2D eigenvalue weighted by molar-refractivity contribution is 0.249. The SMILES string of the molecule is COc1cc(CNCCNC(N)=O)cc(Br)c1OC. The Morgan fingerprint density at radius 2 is 2.05 bits per heavy atom. The largest absolute Gasteiger partial charge is 0.493 e. The molecule has 1 aromatic carbocycles. The molecule has 6 nitrogen and oxygen atoms in total. The summed E-state index contributed by atoms with van der Waals surface area (Å²) in [6.45, 7) is 1.78. The topological polar surface area (TPSA) is 85.6 Å². The number of carbonyl (C=O) groups is 1. The summed E-state index contributed by atoms with van der Waals surface area (Å²) in [5.74, 6) is 1.34. The number of carbonyl (C=O) groups excluding carboxylic acids is 1. The van der Waals surface area contributed by atoms with E-state index in [1.54, 1.807) is 14.2 Å². The lowest BCUT2D eigenvalue weighted by Gasteiger charge is -2.12. The number of ether oxygens (including phenoxy) is 2. The van der Waals surface area contributed by atoms with Crippen LogP contribution in [0.15, 0.2) is 16.6 Å². The van der Waals surface area contributed by atoms with Crippen molar-refractivity contribution >= 4 is 22.0 Å². The lowest BCUT2D eigenvalue weighted by Crippen LogP contribution is -2.35. The zero-order chi connectivity index (χ0) is 14.3. The molecule has 0 aliphatic carbocycles. The van der Waals surface area contributed by atoms with Crippen LogP contribution in [0.3, 0.4) is 0 Å². The van der Waals surface area contributed by atoms with Gasteiger partial charge in [0, 0.05) is 19.6 Å². The maximum atomic E-state index is 10.5. The van der Waals surface area contributed by atoms with Gasteiger partial charge in [0.2, 0.25) is 0 Å². The average Bonchev–Trinajstić information content (AvgIpc) is 2.37. The monoisotopic (exact) mass is 331 g/mol. The van der Waals surface area contributed by atoms with Gasteiger partial charge in [-0.25, -0.2) is 4.79 Å². The van der Waals surface area contributed by atoms with Gasteiger partial charge in [-0.05, 0) is 33.6 Å². The molecule has 1 aromatic rings. The number of halogens is 1. The van der Waals surface area contributed by atoms with Crippen LogP contribution in [0.4, 0.5) is 4.79 Å². The van der Waals surface area contributed by atoms with Crippen LogP contribution in [0.1, 0.15) is 5.56 Å². The van der Waals surface area contributed by atoms with Crippen molar-refractivity contribution in [1.82, 2.24) is 10.6 Å². The highest BCUT2D eigenvalue weighted by Gasteiger charge is 2.10. The summed E-state index contributed by atoms with van der Waals surface area (Å²) in [6.07, 6.45) is 0. The minimum Gasteiger partial charge on any atom is -0.493 e. The van der Waals surface area contributed by atoms with Crippen molar-refractivity contribution in [2.75, 3.05) is 27.3 Å². The van der Waals surface area contributed by atoms with Crippen LogP contribution in [-0.2, 0) is 6.54 Å². The van der Waals surface area contributed by atoms with Gasteiger partial charge in [0.05, 0.1) is 18.7 Å². The number of urea groups is 1. The second-order valence-corrected chi connectivity index (χ2v) is 4.64. The molecule has 0 spiro atoms. The predicted molar refractivity (Wildman–Crippen MR) is 76.5 cm³/mol. The summed E-state index contributed by atoms with van der Waals surface area (Å²) in [4.78, 5) is 10.5. The van der Waals surface area contributed by atoms with Crippen LogP contribution >= 0.6 is 15.9 Å².